The molecule has 0 aliphatic heterocycles. The summed E-state index contributed by atoms with van der Waals surface area (Å²) in [5, 5.41) is 4.57. The van der Waals surface area contributed by atoms with Crippen molar-refractivity contribution < 1.29 is 0 Å². The molecule has 4 nitrogen and oxygen atoms in total. The Labute approximate surface area is 86.9 Å². The van der Waals surface area contributed by atoms with Crippen molar-refractivity contribution in [1.29, 1.82) is 0 Å². The molecule has 0 aliphatic rings. The van der Waals surface area contributed by atoms with Crippen LogP contribution < -0.4 is 0 Å². The normalized spacial score (nSPS) is 11.0. The standard InChI is InChI=1S/C9H11ClN4/c1-2-3-4-8-11-6-14-9(13-8)7(10)5-12-14/h5-6H,2-4H2,1H3. The van der Waals surface area contributed by atoms with Crippen LogP contribution in [0.2, 0.25) is 5.02 Å². The van der Waals surface area contributed by atoms with Crippen molar-refractivity contribution in [3.05, 3.63) is 23.4 Å². The lowest BCUT2D eigenvalue weighted by molar-refractivity contribution is 0.738. The quantitative estimate of drug-likeness (QED) is 0.780. The van der Waals surface area contributed by atoms with Gasteiger partial charge in [0.2, 0.25) is 0 Å². The molecular weight excluding hydrogens is 200 g/mol. The first-order valence-corrected chi connectivity index (χ1v) is 5.04. The van der Waals surface area contributed by atoms with E-state index in [9.17, 15) is 0 Å². The number of aryl methyl sites for hydroxylation is 1. The molecule has 0 radical (unpaired) electrons. The second-order valence-electron chi connectivity index (χ2n) is 3.14. The molecule has 14 heavy (non-hydrogen) atoms. The highest BCUT2D eigenvalue weighted by molar-refractivity contribution is 6.33. The second-order valence-corrected chi connectivity index (χ2v) is 3.54. The van der Waals surface area contributed by atoms with Crippen LogP contribution in [0.15, 0.2) is 12.5 Å². The van der Waals surface area contributed by atoms with Gasteiger partial charge >= 0.3 is 0 Å². The molecule has 2 aromatic heterocycles. The molecular formula is C9H11ClN4. The summed E-state index contributed by atoms with van der Waals surface area (Å²) in [4.78, 5) is 8.52. The maximum atomic E-state index is 5.90. The number of aromatic nitrogens is 4. The Bertz CT molecular complexity index is 437. The lowest BCUT2D eigenvalue weighted by atomic mass is 10.2. The van der Waals surface area contributed by atoms with Gasteiger partial charge in [-0.05, 0) is 6.42 Å². The summed E-state index contributed by atoms with van der Waals surface area (Å²) in [6.45, 7) is 2.14. The largest absolute Gasteiger partial charge is 0.221 e. The average molecular weight is 211 g/mol. The van der Waals surface area contributed by atoms with Crippen molar-refractivity contribution >= 4 is 17.2 Å². The van der Waals surface area contributed by atoms with E-state index in [1.807, 2.05) is 0 Å². The van der Waals surface area contributed by atoms with Gasteiger partial charge < -0.3 is 0 Å². The molecule has 0 amide bonds. The number of fused-ring (bicyclic) bond motifs is 1. The van der Waals surface area contributed by atoms with Crippen molar-refractivity contribution in [3.8, 4) is 0 Å². The first-order chi connectivity index (χ1) is 6.81. The van der Waals surface area contributed by atoms with Crippen LogP contribution in [0, 0.1) is 0 Å². The fraction of sp³-hybridized carbons (Fsp3) is 0.444. The predicted octanol–water partition coefficient (Wildman–Crippen LogP) is 2.12. The zero-order valence-electron chi connectivity index (χ0n) is 7.94. The van der Waals surface area contributed by atoms with Gasteiger partial charge in [-0.1, -0.05) is 24.9 Å². The molecule has 5 heteroatoms. The number of nitrogens with zero attached hydrogens (tertiary/aromatic N) is 4. The number of rotatable bonds is 3. The van der Waals surface area contributed by atoms with Gasteiger partial charge in [0.15, 0.2) is 5.65 Å². The monoisotopic (exact) mass is 210 g/mol. The molecule has 0 atom stereocenters. The van der Waals surface area contributed by atoms with E-state index in [0.717, 1.165) is 25.1 Å². The molecule has 0 spiro atoms. The van der Waals surface area contributed by atoms with Crippen LogP contribution in [0.25, 0.3) is 5.65 Å². The lowest BCUT2D eigenvalue weighted by Crippen LogP contribution is -1.99. The highest BCUT2D eigenvalue weighted by Gasteiger charge is 2.04. The summed E-state index contributed by atoms with van der Waals surface area (Å²) in [5.74, 6) is 0.835. The van der Waals surface area contributed by atoms with Crippen molar-refractivity contribution in [2.75, 3.05) is 0 Å². The van der Waals surface area contributed by atoms with E-state index in [1.54, 1.807) is 17.0 Å². The third-order valence-corrected chi connectivity index (χ3v) is 2.30. The summed E-state index contributed by atoms with van der Waals surface area (Å²) in [5.41, 5.74) is 0.688. The van der Waals surface area contributed by atoms with Crippen molar-refractivity contribution in [2.24, 2.45) is 0 Å². The van der Waals surface area contributed by atoms with Crippen LogP contribution in [0.1, 0.15) is 25.6 Å². The smallest absolute Gasteiger partial charge is 0.177 e. The fourth-order valence-electron chi connectivity index (χ4n) is 1.25. The van der Waals surface area contributed by atoms with E-state index >= 15 is 0 Å². The topological polar surface area (TPSA) is 43.1 Å². The molecule has 2 rings (SSSR count). The molecule has 2 heterocycles. The minimum Gasteiger partial charge on any atom is -0.221 e. The van der Waals surface area contributed by atoms with E-state index in [-0.39, 0.29) is 0 Å². The van der Waals surface area contributed by atoms with Gasteiger partial charge in [0.1, 0.15) is 17.2 Å². The highest BCUT2D eigenvalue weighted by Crippen LogP contribution is 2.13. The summed E-state index contributed by atoms with van der Waals surface area (Å²) >= 11 is 5.90. The van der Waals surface area contributed by atoms with Crippen molar-refractivity contribution in [2.45, 2.75) is 26.2 Å². The Hall–Kier alpha value is -1.16. The Morgan fingerprint density at radius 1 is 1.50 bits per heavy atom. The molecule has 0 N–H and O–H groups in total. The molecule has 0 saturated carbocycles. The maximum Gasteiger partial charge on any atom is 0.177 e. The fourth-order valence-corrected chi connectivity index (χ4v) is 1.42. The van der Waals surface area contributed by atoms with E-state index < -0.39 is 0 Å². The van der Waals surface area contributed by atoms with Gasteiger partial charge in [-0.15, -0.1) is 0 Å². The van der Waals surface area contributed by atoms with Gasteiger partial charge in [0, 0.05) is 6.42 Å². The zero-order valence-corrected chi connectivity index (χ0v) is 8.70. The van der Waals surface area contributed by atoms with Gasteiger partial charge in [0.25, 0.3) is 0 Å². The predicted molar refractivity (Wildman–Crippen MR) is 54.4 cm³/mol. The Morgan fingerprint density at radius 3 is 3.14 bits per heavy atom. The zero-order chi connectivity index (χ0) is 9.97. The minimum absolute atomic E-state index is 0.574. The molecule has 0 unspecified atom stereocenters. The van der Waals surface area contributed by atoms with E-state index in [2.05, 4.69) is 22.0 Å². The third-order valence-electron chi connectivity index (χ3n) is 2.03. The third kappa shape index (κ3) is 1.70. The number of hydrogen-bond acceptors (Lipinski definition) is 3. The minimum atomic E-state index is 0.574. The first kappa shape index (κ1) is 9.40. The van der Waals surface area contributed by atoms with E-state index in [0.29, 0.717) is 10.7 Å². The summed E-state index contributed by atoms with van der Waals surface area (Å²) in [6, 6.07) is 0. The van der Waals surface area contributed by atoms with Crippen LogP contribution in [-0.2, 0) is 6.42 Å². The van der Waals surface area contributed by atoms with E-state index in [4.69, 9.17) is 11.6 Å². The van der Waals surface area contributed by atoms with Gasteiger partial charge in [0.05, 0.1) is 6.20 Å². The number of unbranched alkanes of at least 4 members (excludes halogenated alkanes) is 1. The van der Waals surface area contributed by atoms with Crippen LogP contribution in [0.4, 0.5) is 0 Å². The SMILES string of the molecule is CCCCc1ncn2ncc(Cl)c2n1. The second kappa shape index (κ2) is 3.92. The Kier molecular flexibility index (Phi) is 2.63. The molecule has 0 saturated heterocycles. The van der Waals surface area contributed by atoms with Crippen LogP contribution in [0.5, 0.6) is 0 Å². The summed E-state index contributed by atoms with van der Waals surface area (Å²) in [6.07, 6.45) is 6.37. The maximum absolute atomic E-state index is 5.90. The van der Waals surface area contributed by atoms with Crippen molar-refractivity contribution in [1.82, 2.24) is 19.6 Å². The first-order valence-electron chi connectivity index (χ1n) is 4.66. The Morgan fingerprint density at radius 2 is 2.36 bits per heavy atom. The molecule has 0 aliphatic carbocycles. The molecule has 0 aromatic carbocycles. The van der Waals surface area contributed by atoms with Gasteiger partial charge in [-0.3, -0.25) is 0 Å². The summed E-state index contributed by atoms with van der Waals surface area (Å²) in [7, 11) is 0. The molecule has 74 valence electrons. The van der Waals surface area contributed by atoms with Crippen LogP contribution in [-0.4, -0.2) is 19.6 Å². The van der Waals surface area contributed by atoms with Gasteiger partial charge in [-0.25, -0.2) is 14.5 Å². The number of hydrogen-bond donors (Lipinski definition) is 0. The lowest BCUT2D eigenvalue weighted by Gasteiger charge is -1.98. The van der Waals surface area contributed by atoms with Gasteiger partial charge in [-0.2, -0.15) is 5.10 Å². The number of halogens is 1. The molecule has 2 aromatic rings. The summed E-state index contributed by atoms with van der Waals surface area (Å²) < 4.78 is 1.58. The van der Waals surface area contributed by atoms with E-state index in [1.165, 1.54) is 0 Å². The molecule has 0 bridgehead atoms. The molecule has 0 fully saturated rings. The van der Waals surface area contributed by atoms with Crippen LogP contribution in [0.3, 0.4) is 0 Å². The average Bonchev–Trinajstić information content (AvgIpc) is 2.57. The van der Waals surface area contributed by atoms with Crippen LogP contribution >= 0.6 is 11.6 Å². The Balaban J connectivity index is 2.34. The highest BCUT2D eigenvalue weighted by atomic mass is 35.5. The van der Waals surface area contributed by atoms with Crippen molar-refractivity contribution in [3.63, 3.8) is 0 Å².